The Morgan fingerprint density at radius 3 is 2.84 bits per heavy atom. The summed E-state index contributed by atoms with van der Waals surface area (Å²) in [5, 5.41) is 11.0. The van der Waals surface area contributed by atoms with Gasteiger partial charge in [-0.1, -0.05) is 38.1 Å². The van der Waals surface area contributed by atoms with Gasteiger partial charge in [-0.3, -0.25) is 10.2 Å². The van der Waals surface area contributed by atoms with E-state index >= 15 is 0 Å². The molecule has 1 aliphatic rings. The highest BCUT2D eigenvalue weighted by atomic mass is 16.1. The van der Waals surface area contributed by atoms with Crippen LogP contribution in [0.25, 0.3) is 0 Å². The minimum Gasteiger partial charge on any atom is -0.356 e. The minimum absolute atomic E-state index is 0.0671. The summed E-state index contributed by atoms with van der Waals surface area (Å²) in [5.41, 5.74) is 2.17. The van der Waals surface area contributed by atoms with Crippen molar-refractivity contribution < 1.29 is 4.79 Å². The highest BCUT2D eigenvalue weighted by Crippen LogP contribution is 2.22. The van der Waals surface area contributed by atoms with Crippen LogP contribution >= 0.6 is 0 Å². The van der Waals surface area contributed by atoms with E-state index in [0.29, 0.717) is 24.7 Å². The van der Waals surface area contributed by atoms with Gasteiger partial charge >= 0.3 is 0 Å². The van der Waals surface area contributed by atoms with Gasteiger partial charge < -0.3 is 10.2 Å². The van der Waals surface area contributed by atoms with Gasteiger partial charge in [0.15, 0.2) is 0 Å². The average Bonchev–Trinajstić information content (AvgIpc) is 2.71. The van der Waals surface area contributed by atoms with Gasteiger partial charge in [0.25, 0.3) is 0 Å². The van der Waals surface area contributed by atoms with Crippen molar-refractivity contribution in [2.75, 3.05) is 13.1 Å². The summed E-state index contributed by atoms with van der Waals surface area (Å²) in [4.78, 5) is 13.6. The Morgan fingerprint density at radius 1 is 1.42 bits per heavy atom. The number of amides is 1. The summed E-state index contributed by atoms with van der Waals surface area (Å²) in [6.45, 7) is 6.22. The zero-order valence-corrected chi connectivity index (χ0v) is 11.6. The first-order valence-electron chi connectivity index (χ1n) is 6.76. The Balaban J connectivity index is 1.83. The lowest BCUT2D eigenvalue weighted by atomic mass is 10.1. The second kappa shape index (κ2) is 5.87. The molecule has 1 aliphatic heterocycles. The maximum atomic E-state index is 11.7. The SMILES string of the molecule is CC(C)CNC(=O)CCN1Cc2ccccc2C1=N. The van der Waals surface area contributed by atoms with E-state index in [1.165, 1.54) is 5.56 Å². The van der Waals surface area contributed by atoms with Gasteiger partial charge in [0.05, 0.1) is 0 Å². The van der Waals surface area contributed by atoms with Crippen LogP contribution < -0.4 is 5.32 Å². The fourth-order valence-corrected chi connectivity index (χ4v) is 2.18. The van der Waals surface area contributed by atoms with E-state index in [-0.39, 0.29) is 5.91 Å². The third-order valence-electron chi connectivity index (χ3n) is 3.27. The first-order valence-corrected chi connectivity index (χ1v) is 6.76. The summed E-state index contributed by atoms with van der Waals surface area (Å²) in [6, 6.07) is 7.95. The molecule has 0 aromatic heterocycles. The van der Waals surface area contributed by atoms with E-state index in [4.69, 9.17) is 5.41 Å². The molecular weight excluding hydrogens is 238 g/mol. The van der Waals surface area contributed by atoms with Crippen molar-refractivity contribution in [1.82, 2.24) is 10.2 Å². The van der Waals surface area contributed by atoms with Gasteiger partial charge in [0.2, 0.25) is 5.91 Å². The summed E-state index contributed by atoms with van der Waals surface area (Å²) in [6.07, 6.45) is 0.448. The molecule has 4 heteroatoms. The van der Waals surface area contributed by atoms with Crippen LogP contribution in [0.1, 0.15) is 31.4 Å². The molecule has 0 bridgehead atoms. The van der Waals surface area contributed by atoms with Crippen LogP contribution in [0.15, 0.2) is 24.3 Å². The van der Waals surface area contributed by atoms with E-state index < -0.39 is 0 Å². The summed E-state index contributed by atoms with van der Waals surface area (Å²) >= 11 is 0. The first-order chi connectivity index (χ1) is 9.08. The summed E-state index contributed by atoms with van der Waals surface area (Å²) in [5.74, 6) is 1.07. The second-order valence-corrected chi connectivity index (χ2v) is 5.38. The number of carbonyl (C=O) groups excluding carboxylic acids is 1. The lowest BCUT2D eigenvalue weighted by molar-refractivity contribution is -0.121. The number of fused-ring (bicyclic) bond motifs is 1. The largest absolute Gasteiger partial charge is 0.356 e. The number of benzene rings is 1. The molecular formula is C15H21N3O. The third-order valence-corrected chi connectivity index (χ3v) is 3.27. The molecule has 1 aromatic carbocycles. The van der Waals surface area contributed by atoms with Crippen LogP contribution in [0.2, 0.25) is 0 Å². The van der Waals surface area contributed by atoms with Gasteiger partial charge in [-0.15, -0.1) is 0 Å². The molecule has 0 aliphatic carbocycles. The number of hydrogen-bond donors (Lipinski definition) is 2. The standard InChI is InChI=1S/C15H21N3O/c1-11(2)9-17-14(19)7-8-18-10-12-5-3-4-6-13(12)15(18)16/h3-6,11,16H,7-10H2,1-2H3,(H,17,19). The molecule has 1 heterocycles. The molecule has 0 unspecified atom stereocenters. The first kappa shape index (κ1) is 13.6. The van der Waals surface area contributed by atoms with Crippen molar-refractivity contribution in [2.45, 2.75) is 26.8 Å². The predicted octanol–water partition coefficient (Wildman–Crippen LogP) is 1.99. The molecule has 4 nitrogen and oxygen atoms in total. The van der Waals surface area contributed by atoms with Gasteiger partial charge in [-0.2, -0.15) is 0 Å². The zero-order valence-electron chi connectivity index (χ0n) is 11.6. The number of carbonyl (C=O) groups is 1. The molecule has 2 N–H and O–H groups in total. The molecule has 0 fully saturated rings. The van der Waals surface area contributed by atoms with Crippen molar-refractivity contribution in [3.63, 3.8) is 0 Å². The van der Waals surface area contributed by atoms with E-state index in [9.17, 15) is 4.79 Å². The fourth-order valence-electron chi connectivity index (χ4n) is 2.18. The van der Waals surface area contributed by atoms with Crippen molar-refractivity contribution in [3.8, 4) is 0 Å². The highest BCUT2D eigenvalue weighted by molar-refractivity contribution is 6.00. The molecule has 0 saturated carbocycles. The molecule has 0 spiro atoms. The molecule has 102 valence electrons. The predicted molar refractivity (Wildman–Crippen MR) is 76.1 cm³/mol. The molecule has 0 radical (unpaired) electrons. The monoisotopic (exact) mass is 259 g/mol. The molecule has 1 amide bonds. The smallest absolute Gasteiger partial charge is 0.221 e. The normalized spacial score (nSPS) is 13.8. The molecule has 19 heavy (non-hydrogen) atoms. The Hall–Kier alpha value is -1.84. The third kappa shape index (κ3) is 3.34. The van der Waals surface area contributed by atoms with E-state index in [1.54, 1.807) is 0 Å². The molecule has 2 rings (SSSR count). The van der Waals surface area contributed by atoms with Crippen LogP contribution in [0.3, 0.4) is 0 Å². The second-order valence-electron chi connectivity index (χ2n) is 5.38. The lowest BCUT2D eigenvalue weighted by Gasteiger charge is -2.17. The molecule has 0 saturated heterocycles. The Bertz CT molecular complexity index is 482. The van der Waals surface area contributed by atoms with E-state index in [2.05, 4.69) is 19.2 Å². The van der Waals surface area contributed by atoms with Crippen molar-refractivity contribution in [1.29, 1.82) is 5.41 Å². The maximum absolute atomic E-state index is 11.7. The Labute approximate surface area is 114 Å². The van der Waals surface area contributed by atoms with Gasteiger partial charge in [-0.05, 0) is 11.5 Å². The van der Waals surface area contributed by atoms with E-state index in [0.717, 1.165) is 18.7 Å². The Morgan fingerprint density at radius 2 is 2.16 bits per heavy atom. The number of amidine groups is 1. The Kier molecular flexibility index (Phi) is 4.20. The van der Waals surface area contributed by atoms with Crippen LogP contribution in [-0.4, -0.2) is 29.7 Å². The summed E-state index contributed by atoms with van der Waals surface area (Å²) in [7, 11) is 0. The van der Waals surface area contributed by atoms with Gasteiger partial charge in [0.1, 0.15) is 5.84 Å². The number of rotatable bonds is 5. The zero-order chi connectivity index (χ0) is 13.8. The van der Waals surface area contributed by atoms with Crippen LogP contribution in [0, 0.1) is 11.3 Å². The number of hydrogen-bond acceptors (Lipinski definition) is 2. The topological polar surface area (TPSA) is 56.2 Å². The highest BCUT2D eigenvalue weighted by Gasteiger charge is 2.23. The minimum atomic E-state index is 0.0671. The van der Waals surface area contributed by atoms with Gasteiger partial charge in [-0.25, -0.2) is 0 Å². The fraction of sp³-hybridized carbons (Fsp3) is 0.467. The lowest BCUT2D eigenvalue weighted by Crippen LogP contribution is -2.32. The van der Waals surface area contributed by atoms with Crippen molar-refractivity contribution in [3.05, 3.63) is 35.4 Å². The van der Waals surface area contributed by atoms with E-state index in [1.807, 2.05) is 29.2 Å². The maximum Gasteiger partial charge on any atom is 0.221 e. The van der Waals surface area contributed by atoms with Crippen molar-refractivity contribution in [2.24, 2.45) is 5.92 Å². The summed E-state index contributed by atoms with van der Waals surface area (Å²) < 4.78 is 0. The quantitative estimate of drug-likeness (QED) is 0.849. The van der Waals surface area contributed by atoms with Crippen molar-refractivity contribution >= 4 is 11.7 Å². The van der Waals surface area contributed by atoms with Gasteiger partial charge in [0, 0.05) is 31.6 Å². The molecule has 0 atom stereocenters. The van der Waals surface area contributed by atoms with Crippen LogP contribution in [0.4, 0.5) is 0 Å². The number of nitrogens with zero attached hydrogens (tertiary/aromatic N) is 1. The number of nitrogens with one attached hydrogen (secondary N) is 2. The molecule has 1 aromatic rings. The average molecular weight is 259 g/mol. The van der Waals surface area contributed by atoms with Crippen LogP contribution in [0.5, 0.6) is 0 Å². The van der Waals surface area contributed by atoms with Crippen LogP contribution in [-0.2, 0) is 11.3 Å².